The average Bonchev–Trinajstić information content (AvgIpc) is 2.56. The number of rotatable bonds is 12. The largest absolute Gasteiger partial charge is 0.460 e. The van der Waals surface area contributed by atoms with Crippen LogP contribution in [0.3, 0.4) is 0 Å². The lowest BCUT2D eigenvalue weighted by Crippen LogP contribution is -2.71. The molecule has 0 heterocycles. The van der Waals surface area contributed by atoms with Gasteiger partial charge in [0, 0.05) is 9.84 Å². The Kier molecular flexibility index (Phi) is 10.5. The van der Waals surface area contributed by atoms with E-state index in [-0.39, 0.29) is 12.8 Å². The summed E-state index contributed by atoms with van der Waals surface area (Å²) in [7, 11) is 0. The Labute approximate surface area is 176 Å². The van der Waals surface area contributed by atoms with Crippen molar-refractivity contribution in [1.82, 2.24) is 0 Å². The van der Waals surface area contributed by atoms with Gasteiger partial charge in [0.05, 0.1) is 0 Å². The lowest BCUT2D eigenvalue weighted by molar-refractivity contribution is -0.419. The van der Waals surface area contributed by atoms with Gasteiger partial charge in [-0.1, -0.05) is 75.0 Å². The topological polar surface area (TPSA) is 0 Å². The summed E-state index contributed by atoms with van der Waals surface area (Å²) >= 11 is 1.23. The van der Waals surface area contributed by atoms with Crippen LogP contribution < -0.4 is 0 Å². The minimum Gasteiger partial charge on any atom is -0.226 e. The highest BCUT2D eigenvalue weighted by Crippen LogP contribution is 2.61. The van der Waals surface area contributed by atoms with Crippen molar-refractivity contribution in [2.75, 3.05) is 0 Å². The van der Waals surface area contributed by atoms with E-state index in [1.54, 1.807) is 0 Å². The summed E-state index contributed by atoms with van der Waals surface area (Å²) < 4.78 is 145. The van der Waals surface area contributed by atoms with E-state index >= 15 is 0 Å². The van der Waals surface area contributed by atoms with Crippen LogP contribution in [0.4, 0.5) is 48.3 Å². The molecular formula is C17H24F11I. The van der Waals surface area contributed by atoms with E-state index in [2.05, 4.69) is 0 Å². The molecular weight excluding hydrogens is 540 g/mol. The van der Waals surface area contributed by atoms with Gasteiger partial charge in [-0.15, -0.1) is 0 Å². The summed E-state index contributed by atoms with van der Waals surface area (Å²) in [5.41, 5.74) is -6.05. The van der Waals surface area contributed by atoms with Crippen molar-refractivity contribution in [2.45, 2.75) is 99.0 Å². The fourth-order valence-corrected chi connectivity index (χ4v) is 4.58. The zero-order chi connectivity index (χ0) is 23.3. The van der Waals surface area contributed by atoms with Crippen molar-refractivity contribution in [2.24, 2.45) is 5.92 Å². The van der Waals surface area contributed by atoms with Crippen molar-refractivity contribution in [3.63, 3.8) is 0 Å². The predicted octanol–water partition coefficient (Wildman–Crippen LogP) is 8.67. The van der Waals surface area contributed by atoms with Gasteiger partial charge in [0.25, 0.3) is 5.67 Å². The van der Waals surface area contributed by atoms with Gasteiger partial charge < -0.3 is 0 Å². The van der Waals surface area contributed by atoms with E-state index in [1.165, 1.54) is 22.6 Å². The number of alkyl halides is 12. The smallest absolute Gasteiger partial charge is 0.226 e. The highest BCUT2D eigenvalue weighted by atomic mass is 127. The van der Waals surface area contributed by atoms with Crippen molar-refractivity contribution in [1.29, 1.82) is 0 Å². The zero-order valence-electron chi connectivity index (χ0n) is 15.8. The highest BCUT2D eigenvalue weighted by Gasteiger charge is 2.88. The summed E-state index contributed by atoms with van der Waals surface area (Å²) in [5, 5.41) is 0. The molecule has 0 saturated heterocycles. The molecule has 0 aromatic carbocycles. The number of unbranched alkanes of at least 4 members (excludes halogenated alkanes) is 5. The van der Waals surface area contributed by atoms with Crippen LogP contribution in [0.15, 0.2) is 0 Å². The van der Waals surface area contributed by atoms with Crippen LogP contribution in [0.1, 0.15) is 65.2 Å². The van der Waals surface area contributed by atoms with Gasteiger partial charge in [-0.3, -0.25) is 0 Å². The molecule has 0 N–H and O–H groups in total. The van der Waals surface area contributed by atoms with Crippen LogP contribution in [0.2, 0.25) is 0 Å². The van der Waals surface area contributed by atoms with Crippen LogP contribution in [0, 0.1) is 5.92 Å². The molecule has 3 atom stereocenters. The molecule has 176 valence electrons. The Bertz CT molecular complexity index is 487. The first-order valence-corrected chi connectivity index (χ1v) is 10.4. The molecule has 0 rings (SSSR count). The van der Waals surface area contributed by atoms with Gasteiger partial charge in [-0.2, -0.15) is 43.9 Å². The average molecular weight is 564 g/mol. The summed E-state index contributed by atoms with van der Waals surface area (Å²) in [6.45, 7) is 2.79. The minimum absolute atomic E-state index is 0.211. The number of halogens is 12. The minimum atomic E-state index is -7.20. The quantitative estimate of drug-likeness (QED) is 0.0964. The Morgan fingerprint density at radius 2 is 1.07 bits per heavy atom. The molecule has 0 aliphatic rings. The molecule has 29 heavy (non-hydrogen) atoms. The predicted molar refractivity (Wildman–Crippen MR) is 95.4 cm³/mol. The van der Waals surface area contributed by atoms with E-state index in [0.29, 0.717) is 12.8 Å². The van der Waals surface area contributed by atoms with E-state index < -0.39 is 46.1 Å². The van der Waals surface area contributed by atoms with Gasteiger partial charge in [0.1, 0.15) is 0 Å². The Morgan fingerprint density at radius 1 is 0.621 bits per heavy atom. The van der Waals surface area contributed by atoms with Crippen LogP contribution in [0.25, 0.3) is 0 Å². The summed E-state index contributed by atoms with van der Waals surface area (Å²) in [6.07, 6.45) is -10.9. The van der Waals surface area contributed by atoms with Crippen molar-refractivity contribution >= 4 is 22.6 Å². The monoisotopic (exact) mass is 564 g/mol. The second kappa shape index (κ2) is 10.5. The van der Waals surface area contributed by atoms with Crippen molar-refractivity contribution in [3.05, 3.63) is 0 Å². The first-order chi connectivity index (χ1) is 12.9. The number of hydrogen-bond donors (Lipinski definition) is 0. The first kappa shape index (κ1) is 29.0. The van der Waals surface area contributed by atoms with Gasteiger partial charge in [0.15, 0.2) is 0 Å². The SMILES string of the molecule is CCCCCCCCC(I)C(CC)C(F)(C(F)(F)F)C(F)(F)C(F)(F)C(F)(F)F. The number of hydrogen-bond acceptors (Lipinski definition) is 0. The Balaban J connectivity index is 5.82. The fraction of sp³-hybridized carbons (Fsp3) is 1.00. The Hall–Kier alpha value is -0.0400. The molecule has 0 radical (unpaired) electrons. The van der Waals surface area contributed by atoms with Crippen molar-refractivity contribution < 1.29 is 48.3 Å². The summed E-state index contributed by atoms with van der Waals surface area (Å²) in [4.78, 5) is 0. The van der Waals surface area contributed by atoms with Crippen LogP contribution in [-0.2, 0) is 0 Å². The normalized spacial score (nSPS) is 18.4. The first-order valence-electron chi connectivity index (χ1n) is 9.15. The molecule has 12 heteroatoms. The lowest BCUT2D eigenvalue weighted by atomic mass is 9.75. The summed E-state index contributed by atoms with van der Waals surface area (Å²) in [5.74, 6) is -17.0. The second-order valence-corrected chi connectivity index (χ2v) is 8.54. The third-order valence-corrected chi connectivity index (χ3v) is 6.33. The molecule has 0 amide bonds. The Morgan fingerprint density at radius 3 is 1.45 bits per heavy atom. The van der Waals surface area contributed by atoms with Gasteiger partial charge in [-0.05, 0) is 12.8 Å². The van der Waals surface area contributed by atoms with Gasteiger partial charge >= 0.3 is 24.2 Å². The molecule has 0 fully saturated rings. The lowest BCUT2D eigenvalue weighted by Gasteiger charge is -2.44. The van der Waals surface area contributed by atoms with Crippen LogP contribution in [0.5, 0.6) is 0 Å². The fourth-order valence-electron chi connectivity index (χ4n) is 3.13. The summed E-state index contributed by atoms with van der Waals surface area (Å²) in [6, 6.07) is 0. The molecule has 0 nitrogen and oxygen atoms in total. The molecule has 0 aliphatic heterocycles. The van der Waals surface area contributed by atoms with Crippen molar-refractivity contribution in [3.8, 4) is 0 Å². The maximum atomic E-state index is 14.8. The second-order valence-electron chi connectivity index (χ2n) is 6.94. The van der Waals surface area contributed by atoms with E-state index in [4.69, 9.17) is 0 Å². The van der Waals surface area contributed by atoms with Gasteiger partial charge in [-0.25, -0.2) is 4.39 Å². The van der Waals surface area contributed by atoms with Gasteiger partial charge in [0.2, 0.25) is 0 Å². The molecule has 0 saturated carbocycles. The highest BCUT2D eigenvalue weighted by molar-refractivity contribution is 14.1. The maximum Gasteiger partial charge on any atom is 0.460 e. The third kappa shape index (κ3) is 6.02. The third-order valence-electron chi connectivity index (χ3n) is 4.84. The molecule has 0 spiro atoms. The van der Waals surface area contributed by atoms with E-state index in [1.807, 2.05) is 6.92 Å². The molecule has 0 aromatic rings. The molecule has 0 bridgehead atoms. The van der Waals surface area contributed by atoms with Crippen LogP contribution >= 0.6 is 22.6 Å². The maximum absolute atomic E-state index is 14.8. The van der Waals surface area contributed by atoms with E-state index in [9.17, 15) is 48.3 Å². The van der Waals surface area contributed by atoms with E-state index in [0.717, 1.165) is 26.2 Å². The van der Waals surface area contributed by atoms with Crippen LogP contribution in [-0.4, -0.2) is 33.8 Å². The standard InChI is InChI=1S/C17H24F11I/c1-3-5-6-7-8-9-10-12(29)11(4-2)13(18,16(23,24)25)14(19,20)15(21,22)17(26,27)28/h11-12H,3-10H2,1-2H3. The molecule has 3 unspecified atom stereocenters. The molecule has 0 aromatic heterocycles. The zero-order valence-corrected chi connectivity index (χ0v) is 18.0. The molecule has 0 aliphatic carbocycles.